The van der Waals surface area contributed by atoms with Gasteiger partial charge in [0.25, 0.3) is 0 Å². The van der Waals surface area contributed by atoms with Gasteiger partial charge in [0.2, 0.25) is 5.91 Å². The maximum absolute atomic E-state index is 12.2. The molecule has 0 aromatic heterocycles. The van der Waals surface area contributed by atoms with Crippen LogP contribution in [0.5, 0.6) is 0 Å². The normalized spacial score (nSPS) is 11.9. The molecular weight excluding hydrogens is 254 g/mol. The Balaban J connectivity index is 3.98. The van der Waals surface area contributed by atoms with E-state index in [1.165, 1.54) is 25.7 Å². The van der Waals surface area contributed by atoms with Crippen LogP contribution in [0.2, 0.25) is 0 Å². The van der Waals surface area contributed by atoms with E-state index in [1.807, 2.05) is 18.7 Å². The minimum atomic E-state index is 0.147. The van der Waals surface area contributed by atoms with E-state index in [0.29, 0.717) is 19.4 Å². The van der Waals surface area contributed by atoms with Gasteiger partial charge in [0.1, 0.15) is 5.84 Å². The van der Waals surface area contributed by atoms with Gasteiger partial charge >= 0.3 is 0 Å². The summed E-state index contributed by atoms with van der Waals surface area (Å²) in [6.07, 6.45) is 8.10. The largest absolute Gasteiger partial charge is 0.409 e. The highest BCUT2D eigenvalue weighted by Gasteiger charge is 2.16. The number of unbranched alkanes of at least 4 members (excludes halogenated alkanes) is 5. The molecule has 0 bridgehead atoms. The Kier molecular flexibility index (Phi) is 10.8. The van der Waals surface area contributed by atoms with Gasteiger partial charge in [0, 0.05) is 25.4 Å². The van der Waals surface area contributed by atoms with E-state index in [1.54, 1.807) is 0 Å². The molecule has 0 spiro atoms. The molecule has 0 aliphatic carbocycles. The van der Waals surface area contributed by atoms with Gasteiger partial charge in [0.05, 0.1) is 0 Å². The highest BCUT2D eigenvalue weighted by molar-refractivity contribution is 5.81. The average molecular weight is 285 g/mol. The van der Waals surface area contributed by atoms with Crippen LogP contribution in [0.4, 0.5) is 0 Å². The lowest BCUT2D eigenvalue weighted by atomic mass is 10.1. The lowest BCUT2D eigenvalue weighted by Gasteiger charge is -2.26. The first-order chi connectivity index (χ1) is 9.52. The molecule has 0 aromatic carbocycles. The van der Waals surface area contributed by atoms with Crippen molar-refractivity contribution < 1.29 is 10.0 Å². The molecule has 0 rings (SSSR count). The van der Waals surface area contributed by atoms with Crippen molar-refractivity contribution in [3.63, 3.8) is 0 Å². The molecule has 0 heterocycles. The van der Waals surface area contributed by atoms with Crippen LogP contribution in [0.25, 0.3) is 0 Å². The first-order valence-electron chi connectivity index (χ1n) is 7.78. The molecule has 0 aliphatic rings. The number of rotatable bonds is 11. The Morgan fingerprint density at radius 1 is 1.15 bits per heavy atom. The van der Waals surface area contributed by atoms with Gasteiger partial charge in [-0.1, -0.05) is 44.2 Å². The number of amides is 1. The predicted octanol–water partition coefficient (Wildman–Crippen LogP) is 3.11. The summed E-state index contributed by atoms with van der Waals surface area (Å²) in [7, 11) is 0. The highest BCUT2D eigenvalue weighted by atomic mass is 16.4. The molecule has 5 nitrogen and oxygen atoms in total. The Hall–Kier alpha value is -1.26. The molecule has 0 aromatic rings. The molecule has 0 aliphatic heterocycles. The van der Waals surface area contributed by atoms with Gasteiger partial charge in [-0.2, -0.15) is 0 Å². The monoisotopic (exact) mass is 285 g/mol. The quantitative estimate of drug-likeness (QED) is 0.201. The van der Waals surface area contributed by atoms with E-state index in [2.05, 4.69) is 12.1 Å². The molecule has 0 atom stereocenters. The zero-order valence-electron chi connectivity index (χ0n) is 13.3. The zero-order chi connectivity index (χ0) is 15.4. The first-order valence-corrected chi connectivity index (χ1v) is 7.78. The van der Waals surface area contributed by atoms with Crippen molar-refractivity contribution in [3.05, 3.63) is 0 Å². The summed E-state index contributed by atoms with van der Waals surface area (Å²) in [4.78, 5) is 14.0. The third-order valence-corrected chi connectivity index (χ3v) is 3.43. The third-order valence-electron chi connectivity index (χ3n) is 3.43. The van der Waals surface area contributed by atoms with E-state index in [4.69, 9.17) is 10.9 Å². The van der Waals surface area contributed by atoms with E-state index in [-0.39, 0.29) is 17.8 Å². The maximum Gasteiger partial charge on any atom is 0.222 e. The molecule has 3 N–H and O–H groups in total. The van der Waals surface area contributed by atoms with Crippen molar-refractivity contribution >= 4 is 11.7 Å². The number of nitrogens with zero attached hydrogens (tertiary/aromatic N) is 2. The van der Waals surface area contributed by atoms with Gasteiger partial charge in [-0.25, -0.2) is 0 Å². The molecule has 118 valence electrons. The second-order valence-electron chi connectivity index (χ2n) is 5.54. The molecule has 1 amide bonds. The summed E-state index contributed by atoms with van der Waals surface area (Å²) in [5, 5.41) is 11.5. The fourth-order valence-corrected chi connectivity index (χ4v) is 2.16. The van der Waals surface area contributed by atoms with E-state index in [9.17, 15) is 4.79 Å². The summed E-state index contributed by atoms with van der Waals surface area (Å²) < 4.78 is 0. The molecule has 0 radical (unpaired) electrons. The fourth-order valence-electron chi connectivity index (χ4n) is 2.16. The maximum atomic E-state index is 12.2. The van der Waals surface area contributed by atoms with Gasteiger partial charge in [0.15, 0.2) is 0 Å². The third kappa shape index (κ3) is 8.77. The molecule has 5 heteroatoms. The van der Waals surface area contributed by atoms with Crippen LogP contribution in [0.1, 0.15) is 72.1 Å². The van der Waals surface area contributed by atoms with Crippen molar-refractivity contribution in [3.8, 4) is 0 Å². The van der Waals surface area contributed by atoms with Crippen LogP contribution < -0.4 is 5.73 Å². The van der Waals surface area contributed by atoms with Crippen molar-refractivity contribution in [2.45, 2.75) is 78.2 Å². The smallest absolute Gasteiger partial charge is 0.222 e. The van der Waals surface area contributed by atoms with Crippen LogP contribution >= 0.6 is 0 Å². The van der Waals surface area contributed by atoms with Crippen LogP contribution in [0.3, 0.4) is 0 Å². The Labute approximate surface area is 123 Å². The minimum Gasteiger partial charge on any atom is -0.409 e. The van der Waals surface area contributed by atoms with E-state index >= 15 is 0 Å². The SMILES string of the molecule is CCCCCCCCC(=O)N(CCC(N)=NO)C(C)C. The second kappa shape index (κ2) is 11.6. The number of carbonyl (C=O) groups excluding carboxylic acids is 1. The first kappa shape index (κ1) is 18.7. The summed E-state index contributed by atoms with van der Waals surface area (Å²) in [5.41, 5.74) is 5.45. The molecule has 0 saturated carbocycles. The Bertz CT molecular complexity index is 291. The summed E-state index contributed by atoms with van der Waals surface area (Å²) in [5.74, 6) is 0.337. The fraction of sp³-hybridized carbons (Fsp3) is 0.867. The lowest BCUT2D eigenvalue weighted by molar-refractivity contribution is -0.132. The van der Waals surface area contributed by atoms with E-state index < -0.39 is 0 Å². The van der Waals surface area contributed by atoms with Gasteiger partial charge in [-0.3, -0.25) is 4.79 Å². The average Bonchev–Trinajstić information content (AvgIpc) is 2.42. The number of oxime groups is 1. The highest BCUT2D eigenvalue weighted by Crippen LogP contribution is 2.10. The van der Waals surface area contributed by atoms with Crippen molar-refractivity contribution in [2.24, 2.45) is 10.9 Å². The summed E-state index contributed by atoms with van der Waals surface area (Å²) >= 11 is 0. The summed E-state index contributed by atoms with van der Waals surface area (Å²) in [6.45, 7) is 6.70. The molecular formula is C15H31N3O2. The Morgan fingerprint density at radius 2 is 1.75 bits per heavy atom. The van der Waals surface area contributed by atoms with Gasteiger partial charge in [-0.05, 0) is 20.3 Å². The summed E-state index contributed by atoms with van der Waals surface area (Å²) in [6, 6.07) is 0.147. The van der Waals surface area contributed by atoms with Crippen LogP contribution in [0.15, 0.2) is 5.16 Å². The van der Waals surface area contributed by atoms with E-state index in [0.717, 1.165) is 12.8 Å². The standard InChI is InChI=1S/C15H31N3O2/c1-4-5-6-7-8-9-10-15(19)18(13(2)3)12-11-14(16)17-20/h13,20H,4-12H2,1-3H3,(H2,16,17). The molecule has 0 unspecified atom stereocenters. The van der Waals surface area contributed by atoms with Gasteiger partial charge < -0.3 is 15.8 Å². The Morgan fingerprint density at radius 3 is 2.30 bits per heavy atom. The van der Waals surface area contributed by atoms with Crippen LogP contribution in [0, 0.1) is 0 Å². The van der Waals surface area contributed by atoms with Crippen molar-refractivity contribution in [1.82, 2.24) is 4.90 Å². The number of amidine groups is 1. The minimum absolute atomic E-state index is 0.147. The number of carbonyl (C=O) groups is 1. The second-order valence-corrected chi connectivity index (χ2v) is 5.54. The topological polar surface area (TPSA) is 78.9 Å². The molecule has 20 heavy (non-hydrogen) atoms. The van der Waals surface area contributed by atoms with Crippen LogP contribution in [-0.4, -0.2) is 34.4 Å². The number of nitrogens with two attached hydrogens (primary N) is 1. The van der Waals surface area contributed by atoms with Gasteiger partial charge in [-0.15, -0.1) is 0 Å². The molecule has 0 fully saturated rings. The van der Waals surface area contributed by atoms with Crippen molar-refractivity contribution in [1.29, 1.82) is 0 Å². The van der Waals surface area contributed by atoms with Crippen LogP contribution in [-0.2, 0) is 4.79 Å². The lowest BCUT2D eigenvalue weighted by Crippen LogP contribution is -2.39. The predicted molar refractivity (Wildman–Crippen MR) is 82.9 cm³/mol. The zero-order valence-corrected chi connectivity index (χ0v) is 13.3. The molecule has 0 saturated heterocycles. The van der Waals surface area contributed by atoms with Crippen molar-refractivity contribution in [2.75, 3.05) is 6.54 Å². The number of hydrogen-bond donors (Lipinski definition) is 2. The number of hydrogen-bond acceptors (Lipinski definition) is 3.